The Labute approximate surface area is 110 Å². The van der Waals surface area contributed by atoms with Crippen molar-refractivity contribution in [3.63, 3.8) is 0 Å². The van der Waals surface area contributed by atoms with E-state index in [-0.39, 0.29) is 11.0 Å². The van der Waals surface area contributed by atoms with Gasteiger partial charge in [-0.3, -0.25) is 4.79 Å². The van der Waals surface area contributed by atoms with Gasteiger partial charge in [0.25, 0.3) is 5.91 Å². The van der Waals surface area contributed by atoms with Crippen LogP contribution in [0.1, 0.15) is 15.9 Å². The molecule has 1 aromatic rings. The lowest BCUT2D eigenvalue weighted by Gasteiger charge is -2.17. The van der Waals surface area contributed by atoms with E-state index in [2.05, 4.69) is 15.9 Å². The van der Waals surface area contributed by atoms with Gasteiger partial charge in [-0.1, -0.05) is 15.9 Å². The molecular weight excluding hydrogens is 313 g/mol. The summed E-state index contributed by atoms with van der Waals surface area (Å²) < 4.78 is 38.6. The van der Waals surface area contributed by atoms with E-state index in [1.807, 2.05) is 0 Å². The van der Waals surface area contributed by atoms with Crippen molar-refractivity contribution in [2.45, 2.75) is 6.18 Å². The molecule has 1 amide bonds. The predicted molar refractivity (Wildman–Crippen MR) is 61.7 cm³/mol. The molecule has 0 aliphatic carbocycles. The Morgan fingerprint density at radius 2 is 2.11 bits per heavy atom. The molecule has 96 valence electrons. The van der Waals surface area contributed by atoms with E-state index in [0.29, 0.717) is 0 Å². The highest BCUT2D eigenvalue weighted by Gasteiger charge is 2.36. The van der Waals surface area contributed by atoms with Gasteiger partial charge in [0.05, 0.1) is 17.2 Å². The highest BCUT2D eigenvalue weighted by molar-refractivity contribution is 9.10. The van der Waals surface area contributed by atoms with Gasteiger partial charge in [-0.05, 0) is 18.2 Å². The SMILES string of the molecule is CN(CC#N)C(=O)c1ccc(Br)cc1C(F)(F)F. The van der Waals surface area contributed by atoms with Crippen LogP contribution in [0.15, 0.2) is 22.7 Å². The molecule has 18 heavy (non-hydrogen) atoms. The summed E-state index contributed by atoms with van der Waals surface area (Å²) in [6, 6.07) is 4.98. The van der Waals surface area contributed by atoms with E-state index in [0.717, 1.165) is 17.0 Å². The van der Waals surface area contributed by atoms with Crippen LogP contribution in [0, 0.1) is 11.3 Å². The number of carbonyl (C=O) groups is 1. The van der Waals surface area contributed by atoms with Crippen molar-refractivity contribution < 1.29 is 18.0 Å². The van der Waals surface area contributed by atoms with E-state index in [1.165, 1.54) is 13.1 Å². The first-order valence-corrected chi connectivity index (χ1v) is 5.56. The number of rotatable bonds is 2. The van der Waals surface area contributed by atoms with Crippen LogP contribution in [0.4, 0.5) is 13.2 Å². The molecule has 0 heterocycles. The largest absolute Gasteiger partial charge is 0.417 e. The number of hydrogen-bond donors (Lipinski definition) is 0. The van der Waals surface area contributed by atoms with Crippen molar-refractivity contribution in [1.29, 1.82) is 5.26 Å². The molecular formula is C11H8BrF3N2O. The highest BCUT2D eigenvalue weighted by atomic mass is 79.9. The summed E-state index contributed by atoms with van der Waals surface area (Å²) in [6.45, 7) is -0.272. The summed E-state index contributed by atoms with van der Waals surface area (Å²) in [5, 5.41) is 8.43. The minimum absolute atomic E-state index is 0.231. The van der Waals surface area contributed by atoms with Crippen molar-refractivity contribution in [3.8, 4) is 6.07 Å². The number of alkyl halides is 3. The number of nitriles is 1. The molecule has 0 fully saturated rings. The fraction of sp³-hybridized carbons (Fsp3) is 0.273. The summed E-state index contributed by atoms with van der Waals surface area (Å²) in [5.74, 6) is -0.837. The Hall–Kier alpha value is -1.55. The molecule has 0 aliphatic heterocycles. The first-order chi connectivity index (χ1) is 8.27. The lowest BCUT2D eigenvalue weighted by atomic mass is 10.1. The molecule has 0 aromatic heterocycles. The third kappa shape index (κ3) is 3.23. The number of amides is 1. The summed E-state index contributed by atoms with van der Waals surface area (Å²) in [5.41, 5.74) is -1.49. The summed E-state index contributed by atoms with van der Waals surface area (Å²) in [7, 11) is 1.27. The van der Waals surface area contributed by atoms with E-state index in [1.54, 1.807) is 6.07 Å². The Bertz CT molecular complexity index is 508. The number of carbonyl (C=O) groups excluding carboxylic acids is 1. The van der Waals surface area contributed by atoms with Gasteiger partial charge >= 0.3 is 6.18 Å². The van der Waals surface area contributed by atoms with Gasteiger partial charge in [0.1, 0.15) is 6.54 Å². The van der Waals surface area contributed by atoms with Gasteiger partial charge < -0.3 is 4.90 Å². The molecule has 0 radical (unpaired) electrons. The molecule has 0 bridgehead atoms. The predicted octanol–water partition coefficient (Wildman–Crippen LogP) is 3.06. The van der Waals surface area contributed by atoms with Crippen LogP contribution >= 0.6 is 15.9 Å². The van der Waals surface area contributed by atoms with Crippen molar-refractivity contribution in [2.75, 3.05) is 13.6 Å². The van der Waals surface area contributed by atoms with Gasteiger partial charge in [-0.25, -0.2) is 0 Å². The molecule has 0 saturated carbocycles. The number of hydrogen-bond acceptors (Lipinski definition) is 2. The lowest BCUT2D eigenvalue weighted by molar-refractivity contribution is -0.138. The second-order valence-corrected chi connectivity index (χ2v) is 4.42. The maximum atomic E-state index is 12.8. The van der Waals surface area contributed by atoms with Crippen LogP contribution in [0.5, 0.6) is 0 Å². The molecule has 0 N–H and O–H groups in total. The lowest BCUT2D eigenvalue weighted by Crippen LogP contribution is -2.29. The minimum Gasteiger partial charge on any atom is -0.328 e. The van der Waals surface area contributed by atoms with E-state index in [4.69, 9.17) is 5.26 Å². The molecule has 7 heteroatoms. The fourth-order valence-corrected chi connectivity index (χ4v) is 1.68. The van der Waals surface area contributed by atoms with Gasteiger partial charge in [0.2, 0.25) is 0 Å². The van der Waals surface area contributed by atoms with E-state index in [9.17, 15) is 18.0 Å². The Morgan fingerprint density at radius 3 is 2.61 bits per heavy atom. The number of benzene rings is 1. The average molecular weight is 321 g/mol. The van der Waals surface area contributed by atoms with Crippen molar-refractivity contribution in [3.05, 3.63) is 33.8 Å². The van der Waals surface area contributed by atoms with Crippen LogP contribution < -0.4 is 0 Å². The summed E-state index contributed by atoms with van der Waals surface area (Å²) >= 11 is 2.93. The van der Waals surface area contributed by atoms with Crippen LogP contribution in [0.2, 0.25) is 0 Å². The normalized spacial score (nSPS) is 10.9. The van der Waals surface area contributed by atoms with Gasteiger partial charge in [0, 0.05) is 11.5 Å². The average Bonchev–Trinajstić information content (AvgIpc) is 2.27. The zero-order chi connectivity index (χ0) is 13.9. The quantitative estimate of drug-likeness (QED) is 0.786. The number of halogens is 4. The second kappa shape index (κ2) is 5.40. The van der Waals surface area contributed by atoms with Gasteiger partial charge in [-0.2, -0.15) is 18.4 Å². The van der Waals surface area contributed by atoms with Gasteiger partial charge in [-0.15, -0.1) is 0 Å². The zero-order valence-electron chi connectivity index (χ0n) is 9.25. The third-order valence-corrected chi connectivity index (χ3v) is 2.67. The number of nitrogens with zero attached hydrogens (tertiary/aromatic N) is 2. The van der Waals surface area contributed by atoms with E-state index < -0.39 is 23.2 Å². The van der Waals surface area contributed by atoms with Crippen LogP contribution in [0.25, 0.3) is 0 Å². The molecule has 0 aliphatic rings. The van der Waals surface area contributed by atoms with Crippen LogP contribution in [-0.2, 0) is 6.18 Å². The van der Waals surface area contributed by atoms with Crippen molar-refractivity contribution >= 4 is 21.8 Å². The van der Waals surface area contributed by atoms with Crippen LogP contribution in [0.3, 0.4) is 0 Å². The first-order valence-electron chi connectivity index (χ1n) is 4.76. The Balaban J connectivity index is 3.25. The maximum absolute atomic E-state index is 12.8. The zero-order valence-corrected chi connectivity index (χ0v) is 10.8. The molecule has 1 aromatic carbocycles. The summed E-state index contributed by atoms with van der Waals surface area (Å²) in [4.78, 5) is 12.7. The standard InChI is InChI=1S/C11H8BrF3N2O/c1-17(5-4-16)10(18)8-3-2-7(12)6-9(8)11(13,14)15/h2-3,6H,5H2,1H3. The highest BCUT2D eigenvalue weighted by Crippen LogP contribution is 2.34. The third-order valence-electron chi connectivity index (χ3n) is 2.17. The monoisotopic (exact) mass is 320 g/mol. The molecule has 0 spiro atoms. The van der Waals surface area contributed by atoms with Crippen molar-refractivity contribution in [2.24, 2.45) is 0 Å². The molecule has 0 saturated heterocycles. The molecule has 0 atom stereocenters. The smallest absolute Gasteiger partial charge is 0.328 e. The van der Waals surface area contributed by atoms with Crippen molar-refractivity contribution in [1.82, 2.24) is 4.90 Å². The fourth-order valence-electron chi connectivity index (χ4n) is 1.32. The molecule has 1 rings (SSSR count). The molecule has 0 unspecified atom stereocenters. The van der Waals surface area contributed by atoms with Crippen LogP contribution in [-0.4, -0.2) is 24.4 Å². The van der Waals surface area contributed by atoms with Gasteiger partial charge in [0.15, 0.2) is 0 Å². The molecule has 3 nitrogen and oxygen atoms in total. The Morgan fingerprint density at radius 1 is 1.50 bits per heavy atom. The van der Waals surface area contributed by atoms with E-state index >= 15 is 0 Å². The first kappa shape index (κ1) is 14.5. The topological polar surface area (TPSA) is 44.1 Å². The maximum Gasteiger partial charge on any atom is 0.417 e. The Kier molecular flexibility index (Phi) is 4.35. The second-order valence-electron chi connectivity index (χ2n) is 3.51. The summed E-state index contributed by atoms with van der Waals surface area (Å²) in [6.07, 6.45) is -4.62. The minimum atomic E-state index is -4.62.